The first-order chi connectivity index (χ1) is 9.24. The van der Waals surface area contributed by atoms with Gasteiger partial charge in [0, 0.05) is 5.56 Å². The van der Waals surface area contributed by atoms with E-state index in [1.165, 1.54) is 12.8 Å². The lowest BCUT2D eigenvalue weighted by atomic mass is 9.86. The van der Waals surface area contributed by atoms with Crippen LogP contribution in [0.3, 0.4) is 0 Å². The first-order valence-corrected chi connectivity index (χ1v) is 7.66. The fourth-order valence-corrected chi connectivity index (χ4v) is 3.91. The first-order valence-electron chi connectivity index (χ1n) is 7.28. The number of halogens is 1. The Labute approximate surface area is 119 Å². The standard InChI is InChI=1S/C16H20ClNO/c17-14-8-2-1-7-13(14)15(19)16(9-3-4-10-16)18-11-5-6-12-18/h1-2,7-8H,3-6,9-12H2. The van der Waals surface area contributed by atoms with E-state index in [9.17, 15) is 4.79 Å². The normalized spacial score (nSPS) is 22.8. The van der Waals surface area contributed by atoms with Crippen molar-refractivity contribution in [1.29, 1.82) is 0 Å². The van der Waals surface area contributed by atoms with Crippen LogP contribution in [0.15, 0.2) is 24.3 Å². The van der Waals surface area contributed by atoms with Crippen molar-refractivity contribution in [2.24, 2.45) is 0 Å². The van der Waals surface area contributed by atoms with E-state index >= 15 is 0 Å². The van der Waals surface area contributed by atoms with Crippen molar-refractivity contribution in [3.05, 3.63) is 34.9 Å². The molecular weight excluding hydrogens is 258 g/mol. The minimum atomic E-state index is -0.262. The molecule has 1 heterocycles. The van der Waals surface area contributed by atoms with Gasteiger partial charge in [-0.15, -0.1) is 0 Å². The van der Waals surface area contributed by atoms with Crippen LogP contribution >= 0.6 is 11.6 Å². The van der Waals surface area contributed by atoms with Gasteiger partial charge in [0.05, 0.1) is 10.6 Å². The van der Waals surface area contributed by atoms with Crippen LogP contribution in [0.4, 0.5) is 0 Å². The maximum Gasteiger partial charge on any atom is 0.184 e. The predicted molar refractivity (Wildman–Crippen MR) is 77.8 cm³/mol. The molecule has 102 valence electrons. The van der Waals surface area contributed by atoms with Crippen LogP contribution < -0.4 is 0 Å². The van der Waals surface area contributed by atoms with Gasteiger partial charge in [0.25, 0.3) is 0 Å². The van der Waals surface area contributed by atoms with E-state index in [0.717, 1.165) is 38.8 Å². The van der Waals surface area contributed by atoms with E-state index in [1.807, 2.05) is 24.3 Å². The van der Waals surface area contributed by atoms with Crippen molar-refractivity contribution in [3.63, 3.8) is 0 Å². The van der Waals surface area contributed by atoms with Gasteiger partial charge in [-0.3, -0.25) is 9.69 Å². The number of Topliss-reactive ketones (excluding diaryl/α,β-unsaturated/α-hetero) is 1. The third kappa shape index (κ3) is 2.21. The topological polar surface area (TPSA) is 20.3 Å². The number of nitrogens with zero attached hydrogens (tertiary/aromatic N) is 1. The number of hydrogen-bond acceptors (Lipinski definition) is 2. The number of rotatable bonds is 3. The van der Waals surface area contributed by atoms with Crippen LogP contribution in [0.2, 0.25) is 5.02 Å². The Balaban J connectivity index is 1.96. The SMILES string of the molecule is O=C(c1ccccc1Cl)C1(N2CCCC2)CCCC1. The van der Waals surface area contributed by atoms with Gasteiger partial charge in [-0.05, 0) is 50.9 Å². The summed E-state index contributed by atoms with van der Waals surface area (Å²) in [4.78, 5) is 15.5. The van der Waals surface area contributed by atoms with Crippen LogP contribution in [-0.2, 0) is 0 Å². The highest BCUT2D eigenvalue weighted by Crippen LogP contribution is 2.40. The number of benzene rings is 1. The van der Waals surface area contributed by atoms with Crippen molar-refractivity contribution in [3.8, 4) is 0 Å². The van der Waals surface area contributed by atoms with E-state index in [-0.39, 0.29) is 11.3 Å². The second-order valence-corrected chi connectivity index (χ2v) is 6.15. The number of likely N-dealkylation sites (tertiary alicyclic amines) is 1. The Bertz CT molecular complexity index is 473. The van der Waals surface area contributed by atoms with Gasteiger partial charge in [-0.25, -0.2) is 0 Å². The van der Waals surface area contributed by atoms with Gasteiger partial charge in [0.15, 0.2) is 5.78 Å². The second kappa shape index (κ2) is 5.26. The third-order valence-electron chi connectivity index (χ3n) is 4.68. The van der Waals surface area contributed by atoms with Crippen molar-refractivity contribution < 1.29 is 4.79 Å². The molecule has 3 rings (SSSR count). The molecule has 1 aromatic rings. The summed E-state index contributed by atoms with van der Waals surface area (Å²) in [7, 11) is 0. The summed E-state index contributed by atoms with van der Waals surface area (Å²) in [6, 6.07) is 7.49. The summed E-state index contributed by atoms with van der Waals surface area (Å²) in [5, 5.41) is 0.595. The summed E-state index contributed by atoms with van der Waals surface area (Å²) < 4.78 is 0. The molecule has 1 aliphatic carbocycles. The lowest BCUT2D eigenvalue weighted by Crippen LogP contribution is -2.51. The Kier molecular flexibility index (Phi) is 3.64. The molecule has 2 aliphatic rings. The third-order valence-corrected chi connectivity index (χ3v) is 5.01. The number of ketones is 1. The highest BCUT2D eigenvalue weighted by atomic mass is 35.5. The van der Waals surface area contributed by atoms with Gasteiger partial charge in [-0.2, -0.15) is 0 Å². The summed E-state index contributed by atoms with van der Waals surface area (Å²) in [6.07, 6.45) is 6.75. The molecular formula is C16H20ClNO. The van der Waals surface area contributed by atoms with E-state index in [4.69, 9.17) is 11.6 Å². The zero-order valence-corrected chi connectivity index (χ0v) is 12.0. The molecule has 0 spiro atoms. The molecule has 0 N–H and O–H groups in total. The maximum atomic E-state index is 13.1. The number of carbonyl (C=O) groups excluding carboxylic acids is 1. The maximum absolute atomic E-state index is 13.1. The highest BCUT2D eigenvalue weighted by molar-refractivity contribution is 6.34. The Morgan fingerprint density at radius 2 is 1.68 bits per heavy atom. The monoisotopic (exact) mass is 277 g/mol. The molecule has 0 bridgehead atoms. The van der Waals surface area contributed by atoms with Crippen molar-refractivity contribution in [2.75, 3.05) is 13.1 Å². The molecule has 3 heteroatoms. The lowest BCUT2D eigenvalue weighted by Gasteiger charge is -2.37. The van der Waals surface area contributed by atoms with Crippen LogP contribution in [0, 0.1) is 0 Å². The lowest BCUT2D eigenvalue weighted by molar-refractivity contribution is 0.0626. The van der Waals surface area contributed by atoms with E-state index < -0.39 is 0 Å². The fraction of sp³-hybridized carbons (Fsp3) is 0.562. The molecule has 0 atom stereocenters. The minimum absolute atomic E-state index is 0.248. The molecule has 19 heavy (non-hydrogen) atoms. The smallest absolute Gasteiger partial charge is 0.184 e. The molecule has 1 saturated heterocycles. The molecule has 2 nitrogen and oxygen atoms in total. The Morgan fingerprint density at radius 3 is 2.32 bits per heavy atom. The van der Waals surface area contributed by atoms with Gasteiger partial charge in [0.1, 0.15) is 0 Å². The van der Waals surface area contributed by atoms with Gasteiger partial charge >= 0.3 is 0 Å². The highest BCUT2D eigenvalue weighted by Gasteiger charge is 2.47. The average Bonchev–Trinajstić information content (AvgIpc) is 3.10. The van der Waals surface area contributed by atoms with Crippen molar-refractivity contribution in [1.82, 2.24) is 4.90 Å². The van der Waals surface area contributed by atoms with Gasteiger partial charge in [0.2, 0.25) is 0 Å². The average molecular weight is 278 g/mol. The van der Waals surface area contributed by atoms with Crippen LogP contribution in [-0.4, -0.2) is 29.3 Å². The molecule has 0 aromatic heterocycles. The molecule has 1 saturated carbocycles. The molecule has 2 fully saturated rings. The second-order valence-electron chi connectivity index (χ2n) is 5.74. The van der Waals surface area contributed by atoms with Crippen LogP contribution in [0.5, 0.6) is 0 Å². The van der Waals surface area contributed by atoms with Crippen molar-refractivity contribution >= 4 is 17.4 Å². The summed E-state index contributed by atoms with van der Waals surface area (Å²) in [6.45, 7) is 2.13. The quantitative estimate of drug-likeness (QED) is 0.780. The largest absolute Gasteiger partial charge is 0.292 e. The van der Waals surface area contributed by atoms with Gasteiger partial charge in [-0.1, -0.05) is 36.6 Å². The zero-order chi connectivity index (χ0) is 13.3. The van der Waals surface area contributed by atoms with E-state index in [2.05, 4.69) is 4.90 Å². The van der Waals surface area contributed by atoms with Crippen LogP contribution in [0.1, 0.15) is 48.9 Å². The van der Waals surface area contributed by atoms with Crippen LogP contribution in [0.25, 0.3) is 0 Å². The fourth-order valence-electron chi connectivity index (χ4n) is 3.69. The minimum Gasteiger partial charge on any atom is -0.292 e. The number of hydrogen-bond donors (Lipinski definition) is 0. The summed E-state index contributed by atoms with van der Waals surface area (Å²) in [5.41, 5.74) is 0.444. The molecule has 1 aromatic carbocycles. The van der Waals surface area contributed by atoms with Crippen molar-refractivity contribution in [2.45, 2.75) is 44.1 Å². The molecule has 0 unspecified atom stereocenters. The number of carbonyl (C=O) groups is 1. The molecule has 0 amide bonds. The Hall–Kier alpha value is -0.860. The molecule has 0 radical (unpaired) electrons. The summed E-state index contributed by atoms with van der Waals surface area (Å²) in [5.74, 6) is 0.248. The Morgan fingerprint density at radius 1 is 1.05 bits per heavy atom. The molecule has 1 aliphatic heterocycles. The summed E-state index contributed by atoms with van der Waals surface area (Å²) >= 11 is 6.23. The van der Waals surface area contributed by atoms with E-state index in [1.54, 1.807) is 0 Å². The van der Waals surface area contributed by atoms with Gasteiger partial charge < -0.3 is 0 Å². The van der Waals surface area contributed by atoms with E-state index in [0.29, 0.717) is 10.6 Å². The first kappa shape index (κ1) is 13.1. The predicted octanol–water partition coefficient (Wildman–Crippen LogP) is 3.93. The zero-order valence-electron chi connectivity index (χ0n) is 11.2.